The van der Waals surface area contributed by atoms with Crippen LogP contribution in [0.25, 0.3) is 0 Å². The summed E-state index contributed by atoms with van der Waals surface area (Å²) in [6.45, 7) is 1.45. The highest BCUT2D eigenvalue weighted by Gasteiger charge is 2.26. The van der Waals surface area contributed by atoms with Crippen molar-refractivity contribution in [3.8, 4) is 11.5 Å². The van der Waals surface area contributed by atoms with Gasteiger partial charge in [-0.05, 0) is 12.5 Å². The molecule has 4 nitrogen and oxygen atoms in total. The third-order valence-corrected chi connectivity index (χ3v) is 3.57. The minimum absolute atomic E-state index is 0.182. The van der Waals surface area contributed by atoms with E-state index in [-0.39, 0.29) is 5.97 Å². The van der Waals surface area contributed by atoms with Gasteiger partial charge in [0.25, 0.3) is 0 Å². The Morgan fingerprint density at radius 1 is 1.33 bits per heavy atom. The number of rotatable bonds is 3. The average Bonchev–Trinajstić information content (AvgIpc) is 3.01. The highest BCUT2D eigenvalue weighted by Crippen LogP contribution is 2.41. The molecule has 0 unspecified atom stereocenters. The number of ether oxygens (including phenoxy) is 3. The van der Waals surface area contributed by atoms with Crippen LogP contribution < -0.4 is 9.47 Å². The Kier molecular flexibility index (Phi) is 2.86. The fourth-order valence-electron chi connectivity index (χ4n) is 2.68. The van der Waals surface area contributed by atoms with Crippen LogP contribution in [0.1, 0.15) is 23.1 Å². The molecule has 0 fully saturated rings. The standard InChI is InChI=1S/C14H16O4/c1-16-13(15)3-2-11-10-5-7-17-12(10)8-9-4-6-18-14(9)11/h8H,2-7H2,1H3. The summed E-state index contributed by atoms with van der Waals surface area (Å²) in [6.07, 6.45) is 2.89. The minimum Gasteiger partial charge on any atom is -0.493 e. The van der Waals surface area contributed by atoms with E-state index >= 15 is 0 Å². The van der Waals surface area contributed by atoms with Crippen molar-refractivity contribution in [1.82, 2.24) is 0 Å². The molecule has 18 heavy (non-hydrogen) atoms. The van der Waals surface area contributed by atoms with E-state index < -0.39 is 0 Å². The molecule has 0 aliphatic carbocycles. The first-order valence-corrected chi connectivity index (χ1v) is 6.29. The maximum absolute atomic E-state index is 11.3. The Morgan fingerprint density at radius 3 is 3.00 bits per heavy atom. The molecule has 1 aromatic rings. The predicted octanol–water partition coefficient (Wildman–Crippen LogP) is 1.66. The molecule has 0 amide bonds. The highest BCUT2D eigenvalue weighted by molar-refractivity contribution is 5.70. The van der Waals surface area contributed by atoms with Gasteiger partial charge in [-0.1, -0.05) is 0 Å². The van der Waals surface area contributed by atoms with Gasteiger partial charge in [-0.2, -0.15) is 0 Å². The van der Waals surface area contributed by atoms with E-state index in [9.17, 15) is 4.79 Å². The summed E-state index contributed by atoms with van der Waals surface area (Å²) >= 11 is 0. The van der Waals surface area contributed by atoms with Crippen molar-refractivity contribution in [2.75, 3.05) is 20.3 Å². The van der Waals surface area contributed by atoms with Gasteiger partial charge in [0, 0.05) is 36.0 Å². The second-order valence-electron chi connectivity index (χ2n) is 4.59. The summed E-state index contributed by atoms with van der Waals surface area (Å²) in [4.78, 5) is 11.3. The van der Waals surface area contributed by atoms with Crippen molar-refractivity contribution in [2.45, 2.75) is 25.7 Å². The molecule has 0 radical (unpaired) electrons. The highest BCUT2D eigenvalue weighted by atomic mass is 16.5. The van der Waals surface area contributed by atoms with Crippen molar-refractivity contribution in [3.05, 3.63) is 22.8 Å². The summed E-state index contributed by atoms with van der Waals surface area (Å²) in [6, 6.07) is 2.09. The van der Waals surface area contributed by atoms with Gasteiger partial charge in [-0.15, -0.1) is 0 Å². The Morgan fingerprint density at radius 2 is 2.17 bits per heavy atom. The summed E-state index contributed by atoms with van der Waals surface area (Å²) in [7, 11) is 1.42. The van der Waals surface area contributed by atoms with E-state index in [0.717, 1.165) is 43.1 Å². The van der Waals surface area contributed by atoms with E-state index in [1.54, 1.807) is 0 Å². The first-order valence-electron chi connectivity index (χ1n) is 6.29. The molecule has 0 spiro atoms. The molecule has 0 saturated carbocycles. The topological polar surface area (TPSA) is 44.8 Å². The number of fused-ring (bicyclic) bond motifs is 2. The Bertz CT molecular complexity index is 461. The molecule has 3 rings (SSSR count). The largest absolute Gasteiger partial charge is 0.493 e. The van der Waals surface area contributed by atoms with Crippen LogP contribution in [0.3, 0.4) is 0 Å². The normalized spacial score (nSPS) is 15.6. The first-order chi connectivity index (χ1) is 8.79. The van der Waals surface area contributed by atoms with Crippen molar-refractivity contribution < 1.29 is 19.0 Å². The van der Waals surface area contributed by atoms with Gasteiger partial charge in [0.15, 0.2) is 0 Å². The van der Waals surface area contributed by atoms with Crippen LogP contribution in [0, 0.1) is 0 Å². The third-order valence-electron chi connectivity index (χ3n) is 3.57. The molecule has 0 bridgehead atoms. The predicted molar refractivity (Wildman–Crippen MR) is 65.2 cm³/mol. The van der Waals surface area contributed by atoms with Gasteiger partial charge < -0.3 is 14.2 Å². The van der Waals surface area contributed by atoms with Gasteiger partial charge >= 0.3 is 5.97 Å². The summed E-state index contributed by atoms with van der Waals surface area (Å²) in [5, 5.41) is 0. The molecule has 2 aliphatic heterocycles. The van der Waals surface area contributed by atoms with Crippen LogP contribution in [0.5, 0.6) is 11.5 Å². The molecule has 96 valence electrons. The van der Waals surface area contributed by atoms with Gasteiger partial charge in [0.05, 0.1) is 20.3 Å². The van der Waals surface area contributed by atoms with Crippen molar-refractivity contribution in [1.29, 1.82) is 0 Å². The molecule has 0 saturated heterocycles. The molecule has 2 heterocycles. The molecule has 2 aliphatic rings. The second-order valence-corrected chi connectivity index (χ2v) is 4.59. The van der Waals surface area contributed by atoms with Crippen LogP contribution in [-0.2, 0) is 28.8 Å². The lowest BCUT2D eigenvalue weighted by Gasteiger charge is -2.12. The molecule has 1 aromatic carbocycles. The molecule has 0 aromatic heterocycles. The van der Waals surface area contributed by atoms with Crippen LogP contribution >= 0.6 is 0 Å². The molecule has 0 atom stereocenters. The monoisotopic (exact) mass is 248 g/mol. The average molecular weight is 248 g/mol. The number of carbonyl (C=O) groups is 1. The van der Waals surface area contributed by atoms with Gasteiger partial charge in [-0.25, -0.2) is 0 Å². The van der Waals surface area contributed by atoms with Gasteiger partial charge in [0.1, 0.15) is 11.5 Å². The van der Waals surface area contributed by atoms with Crippen LogP contribution in [0.2, 0.25) is 0 Å². The summed E-state index contributed by atoms with van der Waals surface area (Å²) < 4.78 is 16.0. The van der Waals surface area contributed by atoms with E-state index in [1.807, 2.05) is 0 Å². The Labute approximate surface area is 106 Å². The maximum Gasteiger partial charge on any atom is 0.305 e. The quantitative estimate of drug-likeness (QED) is 0.763. The molecular weight excluding hydrogens is 232 g/mol. The van der Waals surface area contributed by atoms with Crippen molar-refractivity contribution in [3.63, 3.8) is 0 Å². The third kappa shape index (κ3) is 1.82. The van der Waals surface area contributed by atoms with Crippen LogP contribution in [0.15, 0.2) is 6.07 Å². The molecule has 4 heteroatoms. The molecule has 0 N–H and O–H groups in total. The number of benzene rings is 1. The number of hydrogen-bond donors (Lipinski definition) is 0. The first kappa shape index (κ1) is 11.4. The fraction of sp³-hybridized carbons (Fsp3) is 0.500. The number of carbonyl (C=O) groups excluding carboxylic acids is 1. The minimum atomic E-state index is -0.182. The van der Waals surface area contributed by atoms with Crippen molar-refractivity contribution in [2.24, 2.45) is 0 Å². The van der Waals surface area contributed by atoms with Crippen LogP contribution in [0.4, 0.5) is 0 Å². The number of hydrogen-bond acceptors (Lipinski definition) is 4. The summed E-state index contributed by atoms with van der Waals surface area (Å²) in [5.41, 5.74) is 3.55. The lowest BCUT2D eigenvalue weighted by molar-refractivity contribution is -0.140. The maximum atomic E-state index is 11.3. The fourth-order valence-corrected chi connectivity index (χ4v) is 2.68. The van der Waals surface area contributed by atoms with Crippen LogP contribution in [-0.4, -0.2) is 26.3 Å². The second kappa shape index (κ2) is 4.52. The van der Waals surface area contributed by atoms with E-state index in [1.165, 1.54) is 18.2 Å². The van der Waals surface area contributed by atoms with Gasteiger partial charge in [0.2, 0.25) is 0 Å². The van der Waals surface area contributed by atoms with E-state index in [4.69, 9.17) is 14.2 Å². The Hall–Kier alpha value is -1.71. The number of esters is 1. The lowest BCUT2D eigenvalue weighted by atomic mass is 9.96. The summed E-state index contributed by atoms with van der Waals surface area (Å²) in [5.74, 6) is 1.76. The zero-order chi connectivity index (χ0) is 12.5. The lowest BCUT2D eigenvalue weighted by Crippen LogP contribution is -2.04. The van der Waals surface area contributed by atoms with E-state index in [2.05, 4.69) is 6.07 Å². The SMILES string of the molecule is COC(=O)CCc1c2c(cc3c1OCC3)OCC2. The van der Waals surface area contributed by atoms with Crippen molar-refractivity contribution >= 4 is 5.97 Å². The van der Waals surface area contributed by atoms with E-state index in [0.29, 0.717) is 12.8 Å². The van der Waals surface area contributed by atoms with Gasteiger partial charge in [-0.3, -0.25) is 4.79 Å². The zero-order valence-corrected chi connectivity index (χ0v) is 10.5. The number of methoxy groups -OCH3 is 1. The smallest absolute Gasteiger partial charge is 0.305 e. The zero-order valence-electron chi connectivity index (χ0n) is 10.5. The molecular formula is C14H16O4. The Balaban J connectivity index is 1.94.